The molecule has 44 heavy (non-hydrogen) atoms. The zero-order chi connectivity index (χ0) is 30.5. The van der Waals surface area contributed by atoms with Crippen molar-refractivity contribution in [3.8, 4) is 22.3 Å². The topological polar surface area (TPSA) is 32.3 Å². The SMILES string of the molecule is CN1C2CCC1C(c1cnc([18F])c(-c3ccc(F)cc3)c1)C2.Cc1ncc(C2CC3CCC2N3C)cc1-c1ccc(F)cc1. The smallest absolute Gasteiger partial charge is 0.220 e. The van der Waals surface area contributed by atoms with Gasteiger partial charge in [-0.3, -0.25) is 14.8 Å². The van der Waals surface area contributed by atoms with Gasteiger partial charge in [-0.1, -0.05) is 24.3 Å². The predicted molar refractivity (Wildman–Crippen MR) is 168 cm³/mol. The van der Waals surface area contributed by atoms with Crippen LogP contribution < -0.4 is 0 Å². The van der Waals surface area contributed by atoms with Gasteiger partial charge in [-0.25, -0.2) is 13.8 Å². The summed E-state index contributed by atoms with van der Waals surface area (Å²) in [5.74, 6) is 0.0159. The molecule has 0 aliphatic carbocycles. The molecule has 2 aromatic carbocycles. The highest BCUT2D eigenvalue weighted by atomic mass is 19.1. The molecular formula is C37H39F3N4. The van der Waals surface area contributed by atoms with Gasteiger partial charge in [0.15, 0.2) is 0 Å². The number of hydrogen-bond acceptors (Lipinski definition) is 4. The van der Waals surface area contributed by atoms with Gasteiger partial charge < -0.3 is 0 Å². The van der Waals surface area contributed by atoms with Crippen LogP contribution >= 0.6 is 0 Å². The van der Waals surface area contributed by atoms with Crippen LogP contribution in [-0.2, 0) is 0 Å². The zero-order valence-corrected chi connectivity index (χ0v) is 25.6. The van der Waals surface area contributed by atoms with Crippen LogP contribution in [0.4, 0.5) is 13.2 Å². The molecule has 4 aromatic rings. The molecule has 0 amide bonds. The third-order valence-electron chi connectivity index (χ3n) is 10.9. The van der Waals surface area contributed by atoms with Crippen LogP contribution in [0.3, 0.4) is 0 Å². The van der Waals surface area contributed by atoms with Crippen LogP contribution in [0.1, 0.15) is 67.2 Å². The quantitative estimate of drug-likeness (QED) is 0.223. The molecule has 4 aliphatic rings. The summed E-state index contributed by atoms with van der Waals surface area (Å²) >= 11 is 0. The maximum atomic E-state index is 14.1. The van der Waals surface area contributed by atoms with E-state index in [0.717, 1.165) is 34.8 Å². The highest BCUT2D eigenvalue weighted by molar-refractivity contribution is 5.66. The van der Waals surface area contributed by atoms with Crippen LogP contribution in [0.25, 0.3) is 22.3 Å². The molecule has 0 saturated carbocycles. The summed E-state index contributed by atoms with van der Waals surface area (Å²) in [5, 5.41) is 0. The van der Waals surface area contributed by atoms with Crippen molar-refractivity contribution in [2.45, 2.75) is 81.5 Å². The van der Waals surface area contributed by atoms with Gasteiger partial charge in [0.05, 0.1) is 0 Å². The van der Waals surface area contributed by atoms with E-state index in [1.807, 2.05) is 31.3 Å². The molecule has 6 heterocycles. The van der Waals surface area contributed by atoms with E-state index >= 15 is 0 Å². The Hall–Kier alpha value is -3.55. The minimum absolute atomic E-state index is 0.194. The molecule has 4 bridgehead atoms. The van der Waals surface area contributed by atoms with Crippen molar-refractivity contribution >= 4 is 0 Å². The lowest BCUT2D eigenvalue weighted by molar-refractivity contribution is 0.307. The Bertz CT molecular complexity index is 1520. The van der Waals surface area contributed by atoms with Crippen LogP contribution in [0.2, 0.25) is 0 Å². The van der Waals surface area contributed by atoms with E-state index in [4.69, 9.17) is 0 Å². The third-order valence-corrected chi connectivity index (χ3v) is 10.9. The minimum Gasteiger partial charge on any atom is -0.300 e. The molecule has 228 valence electrons. The van der Waals surface area contributed by atoms with E-state index in [1.54, 1.807) is 18.3 Å². The summed E-state index contributed by atoms with van der Waals surface area (Å²) in [4.78, 5) is 13.6. The second-order valence-electron chi connectivity index (χ2n) is 13.1. The molecule has 8 rings (SSSR count). The standard InChI is InChI=1S/C19H21FN2.C18H18F2N2/c1-12-17(13-3-5-15(20)6-4-13)9-14(11-21-12)18-10-16-7-8-19(18)22(16)2;1-22-14-6-7-17(22)15(9-14)12-8-16(18(20)21-10-12)11-2-4-13(19)5-3-11/h3-6,9,11,16,18-19H,7-8,10H2,1-2H3;2-5,8,10,14-15,17H,6-7,9H2,1H3/i;20-1. The number of aromatic nitrogens is 2. The normalized spacial score (nSPS) is 27.5. The van der Waals surface area contributed by atoms with Crippen LogP contribution in [0, 0.1) is 24.5 Å². The number of benzene rings is 2. The fourth-order valence-corrected chi connectivity index (χ4v) is 8.41. The maximum Gasteiger partial charge on any atom is 0.220 e. The number of hydrogen-bond donors (Lipinski definition) is 0. The molecule has 0 radical (unpaired) electrons. The summed E-state index contributed by atoms with van der Waals surface area (Å²) in [5.41, 5.74) is 6.75. The van der Waals surface area contributed by atoms with Crippen LogP contribution in [0.5, 0.6) is 0 Å². The largest absolute Gasteiger partial charge is 0.300 e. The lowest BCUT2D eigenvalue weighted by Gasteiger charge is -2.22. The molecule has 6 unspecified atom stereocenters. The molecular weight excluding hydrogens is 556 g/mol. The first-order valence-electron chi connectivity index (χ1n) is 15.8. The van der Waals surface area contributed by atoms with E-state index in [2.05, 4.69) is 39.9 Å². The van der Waals surface area contributed by atoms with Crippen molar-refractivity contribution in [1.29, 1.82) is 0 Å². The summed E-state index contributed by atoms with van der Waals surface area (Å²) in [6.45, 7) is 2.02. The molecule has 6 atom stereocenters. The van der Waals surface area contributed by atoms with Crippen molar-refractivity contribution in [2.24, 2.45) is 0 Å². The first-order chi connectivity index (χ1) is 21.3. The first kappa shape index (κ1) is 29.2. The van der Waals surface area contributed by atoms with Gasteiger partial charge in [-0.2, -0.15) is 4.39 Å². The lowest BCUT2D eigenvalue weighted by Crippen LogP contribution is -2.25. The zero-order valence-electron chi connectivity index (χ0n) is 25.6. The van der Waals surface area contributed by atoms with E-state index in [1.165, 1.54) is 61.9 Å². The average molecular weight is 596 g/mol. The van der Waals surface area contributed by atoms with Crippen LogP contribution in [-0.4, -0.2) is 58.0 Å². The average Bonchev–Trinajstić information content (AvgIpc) is 3.77. The molecule has 4 nitrogen and oxygen atoms in total. The van der Waals surface area contributed by atoms with Crippen molar-refractivity contribution in [1.82, 2.24) is 19.8 Å². The van der Waals surface area contributed by atoms with Gasteiger partial charge >= 0.3 is 0 Å². The Morgan fingerprint density at radius 2 is 1.07 bits per heavy atom. The molecule has 0 N–H and O–H groups in total. The number of pyridine rings is 2. The molecule has 4 aliphatic heterocycles. The predicted octanol–water partition coefficient (Wildman–Crippen LogP) is 8.12. The summed E-state index contributed by atoms with van der Waals surface area (Å²) in [6, 6.07) is 19.4. The van der Waals surface area contributed by atoms with Gasteiger partial charge in [0.1, 0.15) is 11.6 Å². The minimum atomic E-state index is -0.494. The number of nitrogens with zero attached hydrogens (tertiary/aromatic N) is 4. The Kier molecular flexibility index (Phi) is 7.79. The van der Waals surface area contributed by atoms with Gasteiger partial charge in [0, 0.05) is 65.2 Å². The Morgan fingerprint density at radius 1 is 0.614 bits per heavy atom. The highest BCUT2D eigenvalue weighted by Crippen LogP contribution is 2.47. The van der Waals surface area contributed by atoms with E-state index in [0.29, 0.717) is 41.1 Å². The number of likely N-dealkylation sites (N-methyl/N-ethyl adjacent to an activating group) is 2. The van der Waals surface area contributed by atoms with Crippen molar-refractivity contribution in [3.63, 3.8) is 0 Å². The molecule has 2 aromatic heterocycles. The van der Waals surface area contributed by atoms with Crippen molar-refractivity contribution in [2.75, 3.05) is 14.1 Å². The summed E-state index contributed by atoms with van der Waals surface area (Å²) in [7, 11) is 4.44. The third kappa shape index (κ3) is 5.34. The summed E-state index contributed by atoms with van der Waals surface area (Å²) in [6.07, 6.45) is 11.2. The fourth-order valence-electron chi connectivity index (χ4n) is 8.41. The number of aryl methyl sites for hydroxylation is 1. The first-order valence-corrected chi connectivity index (χ1v) is 15.8. The summed E-state index contributed by atoms with van der Waals surface area (Å²) < 4.78 is 40.3. The molecule has 0 spiro atoms. The Morgan fingerprint density at radius 3 is 1.52 bits per heavy atom. The monoisotopic (exact) mass is 595 g/mol. The van der Waals surface area contributed by atoms with Crippen LogP contribution in [0.15, 0.2) is 73.1 Å². The maximum absolute atomic E-state index is 14.1. The van der Waals surface area contributed by atoms with Gasteiger partial charge in [0.2, 0.25) is 5.95 Å². The van der Waals surface area contributed by atoms with E-state index in [9.17, 15) is 13.2 Å². The van der Waals surface area contributed by atoms with Crippen molar-refractivity contribution < 1.29 is 13.2 Å². The van der Waals surface area contributed by atoms with Gasteiger partial charge in [-0.15, -0.1) is 0 Å². The second kappa shape index (κ2) is 11.8. The molecule has 4 fully saturated rings. The van der Waals surface area contributed by atoms with E-state index < -0.39 is 5.95 Å². The Balaban J connectivity index is 0.000000142. The fraction of sp³-hybridized carbons (Fsp3) is 0.405. The second-order valence-corrected chi connectivity index (χ2v) is 13.1. The lowest BCUT2D eigenvalue weighted by atomic mass is 9.83. The van der Waals surface area contributed by atoms with Gasteiger partial charge in [-0.05, 0) is 118 Å². The number of fused-ring (bicyclic) bond motifs is 4. The van der Waals surface area contributed by atoms with Crippen molar-refractivity contribution in [3.05, 3.63) is 107 Å². The molecule has 7 heteroatoms. The number of rotatable bonds is 4. The Labute approximate surface area is 258 Å². The highest BCUT2D eigenvalue weighted by Gasteiger charge is 2.45. The van der Waals surface area contributed by atoms with Gasteiger partial charge in [0.25, 0.3) is 0 Å². The number of halogens is 3. The molecule has 4 saturated heterocycles. The van der Waals surface area contributed by atoms with E-state index in [-0.39, 0.29) is 11.6 Å².